The Bertz CT molecular complexity index is 403. The molecule has 0 radical (unpaired) electrons. The molecule has 0 aliphatic rings. The molecular weight excluding hydrogens is 205 g/mol. The van der Waals surface area contributed by atoms with E-state index in [4.69, 9.17) is 0 Å². The minimum Gasteiger partial charge on any atom is -0.384 e. The van der Waals surface area contributed by atoms with Crippen molar-refractivity contribution in [1.82, 2.24) is 9.78 Å². The van der Waals surface area contributed by atoms with Crippen LogP contribution in [0.5, 0.6) is 0 Å². The fraction of sp³-hybridized carbons (Fsp3) is 0.500. The lowest BCUT2D eigenvalue weighted by Gasteiger charge is -2.02. The van der Waals surface area contributed by atoms with Crippen LogP contribution in [0.15, 0.2) is 9.21 Å². The molecule has 1 rings (SSSR count). The van der Waals surface area contributed by atoms with Crippen molar-refractivity contribution in [3.8, 4) is 0 Å². The molecule has 78 valence electrons. The number of nitrogens with zero attached hydrogens (tertiary/aromatic N) is 2. The summed E-state index contributed by atoms with van der Waals surface area (Å²) in [5.74, 6) is -2.63. The SMILES string of the molecule is CC(=O)c1nn(CC(F)(F)F)c(=O)o1. The topological polar surface area (TPSA) is 65.1 Å². The summed E-state index contributed by atoms with van der Waals surface area (Å²) in [5, 5.41) is 3.06. The Hall–Kier alpha value is -1.60. The third kappa shape index (κ3) is 2.44. The minimum absolute atomic E-state index is 0.0523. The second kappa shape index (κ2) is 3.28. The number of ketones is 1. The molecule has 0 N–H and O–H groups in total. The van der Waals surface area contributed by atoms with Gasteiger partial charge in [-0.3, -0.25) is 4.79 Å². The van der Waals surface area contributed by atoms with Gasteiger partial charge in [0.25, 0.3) is 5.89 Å². The van der Waals surface area contributed by atoms with E-state index in [0.717, 1.165) is 6.92 Å². The summed E-state index contributed by atoms with van der Waals surface area (Å²) in [4.78, 5) is 21.3. The van der Waals surface area contributed by atoms with Crippen LogP contribution in [-0.2, 0) is 6.54 Å². The molecule has 0 spiro atoms. The summed E-state index contributed by atoms with van der Waals surface area (Å²) < 4.78 is 39.6. The maximum Gasteiger partial charge on any atom is 0.437 e. The summed E-state index contributed by atoms with van der Waals surface area (Å²) >= 11 is 0. The first-order valence-corrected chi connectivity index (χ1v) is 3.45. The molecule has 0 aromatic carbocycles. The standard InChI is InChI=1S/C6H5F3N2O3/c1-3(12)4-10-11(5(13)14-4)2-6(7,8)9/h2H2,1H3. The lowest BCUT2D eigenvalue weighted by atomic mass is 10.5. The van der Waals surface area contributed by atoms with Gasteiger partial charge in [0.1, 0.15) is 6.54 Å². The molecule has 0 saturated carbocycles. The molecule has 5 nitrogen and oxygen atoms in total. The Morgan fingerprint density at radius 2 is 2.14 bits per heavy atom. The van der Waals surface area contributed by atoms with Crippen molar-refractivity contribution in [2.24, 2.45) is 0 Å². The lowest BCUT2D eigenvalue weighted by molar-refractivity contribution is -0.143. The van der Waals surface area contributed by atoms with E-state index in [9.17, 15) is 22.8 Å². The molecule has 1 aromatic heterocycles. The molecule has 0 unspecified atom stereocenters. The number of halogens is 3. The number of rotatable bonds is 2. The molecule has 1 heterocycles. The second-order valence-corrected chi connectivity index (χ2v) is 2.50. The summed E-state index contributed by atoms with van der Waals surface area (Å²) in [6.07, 6.45) is -4.57. The smallest absolute Gasteiger partial charge is 0.384 e. The van der Waals surface area contributed by atoms with Gasteiger partial charge in [0.2, 0.25) is 5.78 Å². The Labute approximate surface area is 75.1 Å². The summed E-state index contributed by atoms with van der Waals surface area (Å²) in [7, 11) is 0. The van der Waals surface area contributed by atoms with Crippen molar-refractivity contribution < 1.29 is 22.4 Å². The van der Waals surface area contributed by atoms with Crippen LogP contribution in [0.4, 0.5) is 13.2 Å². The molecule has 0 aliphatic heterocycles. The number of Topliss-reactive ketones (excluding diaryl/α,β-unsaturated/α-hetero) is 1. The predicted octanol–water partition coefficient (Wildman–Crippen LogP) is 0.601. The van der Waals surface area contributed by atoms with Crippen LogP contribution in [0.1, 0.15) is 17.6 Å². The molecule has 0 amide bonds. The van der Waals surface area contributed by atoms with Gasteiger partial charge in [0.15, 0.2) is 0 Å². The Balaban J connectivity index is 3.00. The van der Waals surface area contributed by atoms with Crippen molar-refractivity contribution in [3.05, 3.63) is 16.4 Å². The van der Waals surface area contributed by atoms with Gasteiger partial charge in [0, 0.05) is 6.92 Å². The Morgan fingerprint density at radius 3 is 2.50 bits per heavy atom. The van der Waals surface area contributed by atoms with Crippen molar-refractivity contribution in [2.75, 3.05) is 0 Å². The van der Waals surface area contributed by atoms with Gasteiger partial charge in [-0.15, -0.1) is 5.10 Å². The first kappa shape index (κ1) is 10.5. The number of hydrogen-bond acceptors (Lipinski definition) is 4. The quantitative estimate of drug-likeness (QED) is 0.670. The maximum atomic E-state index is 11.8. The molecule has 14 heavy (non-hydrogen) atoms. The molecule has 0 saturated heterocycles. The van der Waals surface area contributed by atoms with Crippen molar-refractivity contribution in [1.29, 1.82) is 0 Å². The highest BCUT2D eigenvalue weighted by Crippen LogP contribution is 2.15. The van der Waals surface area contributed by atoms with Crippen LogP contribution in [0, 0.1) is 0 Å². The van der Waals surface area contributed by atoms with E-state index in [0.29, 0.717) is 0 Å². The predicted molar refractivity (Wildman–Crippen MR) is 36.8 cm³/mol. The number of carbonyl (C=O) groups is 1. The Morgan fingerprint density at radius 1 is 1.57 bits per heavy atom. The summed E-state index contributed by atoms with van der Waals surface area (Å²) in [6.45, 7) is -0.536. The van der Waals surface area contributed by atoms with Gasteiger partial charge < -0.3 is 4.42 Å². The molecule has 0 atom stereocenters. The summed E-state index contributed by atoms with van der Waals surface area (Å²) in [5.41, 5.74) is 0. The zero-order valence-electron chi connectivity index (χ0n) is 6.96. The van der Waals surface area contributed by atoms with E-state index in [2.05, 4.69) is 9.52 Å². The second-order valence-electron chi connectivity index (χ2n) is 2.50. The summed E-state index contributed by atoms with van der Waals surface area (Å²) in [6, 6.07) is 0. The zero-order valence-corrected chi connectivity index (χ0v) is 6.96. The third-order valence-electron chi connectivity index (χ3n) is 1.24. The monoisotopic (exact) mass is 210 g/mol. The minimum atomic E-state index is -4.57. The fourth-order valence-corrected chi connectivity index (χ4v) is 0.718. The zero-order chi connectivity index (χ0) is 10.9. The van der Waals surface area contributed by atoms with Gasteiger partial charge in [-0.25, -0.2) is 4.79 Å². The lowest BCUT2D eigenvalue weighted by Crippen LogP contribution is -2.26. The van der Waals surface area contributed by atoms with Crippen molar-refractivity contribution in [2.45, 2.75) is 19.6 Å². The highest BCUT2D eigenvalue weighted by Gasteiger charge is 2.30. The van der Waals surface area contributed by atoms with Crippen LogP contribution in [0.3, 0.4) is 0 Å². The maximum absolute atomic E-state index is 11.8. The van der Waals surface area contributed by atoms with E-state index < -0.39 is 30.2 Å². The Kier molecular flexibility index (Phi) is 2.45. The van der Waals surface area contributed by atoms with E-state index in [1.54, 1.807) is 0 Å². The molecule has 8 heteroatoms. The highest BCUT2D eigenvalue weighted by atomic mass is 19.4. The number of carbonyl (C=O) groups excluding carboxylic acids is 1. The average molecular weight is 210 g/mol. The van der Waals surface area contributed by atoms with Crippen molar-refractivity contribution in [3.63, 3.8) is 0 Å². The van der Waals surface area contributed by atoms with Crippen LogP contribution >= 0.6 is 0 Å². The van der Waals surface area contributed by atoms with Gasteiger partial charge in [0.05, 0.1) is 0 Å². The highest BCUT2D eigenvalue weighted by molar-refractivity contribution is 5.89. The van der Waals surface area contributed by atoms with Crippen molar-refractivity contribution >= 4 is 5.78 Å². The van der Waals surface area contributed by atoms with Gasteiger partial charge in [-0.2, -0.15) is 17.9 Å². The van der Waals surface area contributed by atoms with Crippen LogP contribution in [-0.4, -0.2) is 21.7 Å². The average Bonchev–Trinajstić information content (AvgIpc) is 2.29. The molecular formula is C6H5F3N2O3. The number of aromatic nitrogens is 2. The largest absolute Gasteiger partial charge is 0.437 e. The first-order chi connectivity index (χ1) is 6.29. The van der Waals surface area contributed by atoms with Gasteiger partial charge in [-0.1, -0.05) is 0 Å². The number of alkyl halides is 3. The van der Waals surface area contributed by atoms with Gasteiger partial charge >= 0.3 is 11.9 Å². The van der Waals surface area contributed by atoms with Gasteiger partial charge in [-0.05, 0) is 0 Å². The molecule has 0 bridgehead atoms. The normalized spacial score (nSPS) is 11.7. The van der Waals surface area contributed by atoms with Crippen LogP contribution in [0.25, 0.3) is 0 Å². The molecule has 0 aliphatic carbocycles. The number of hydrogen-bond donors (Lipinski definition) is 0. The van der Waals surface area contributed by atoms with Crippen LogP contribution < -0.4 is 5.76 Å². The first-order valence-electron chi connectivity index (χ1n) is 3.45. The fourth-order valence-electron chi connectivity index (χ4n) is 0.718. The van der Waals surface area contributed by atoms with E-state index in [-0.39, 0.29) is 4.68 Å². The van der Waals surface area contributed by atoms with E-state index in [1.807, 2.05) is 0 Å². The van der Waals surface area contributed by atoms with E-state index >= 15 is 0 Å². The molecule has 0 fully saturated rings. The van der Waals surface area contributed by atoms with E-state index in [1.165, 1.54) is 0 Å². The van der Waals surface area contributed by atoms with Crippen LogP contribution in [0.2, 0.25) is 0 Å². The third-order valence-corrected chi connectivity index (χ3v) is 1.24. The molecule has 1 aromatic rings.